The van der Waals surface area contributed by atoms with Gasteiger partial charge in [-0.3, -0.25) is 4.90 Å². The van der Waals surface area contributed by atoms with Gasteiger partial charge in [-0.25, -0.2) is 13.0 Å². The second-order valence-corrected chi connectivity index (χ2v) is 9.24. The zero-order valence-electron chi connectivity index (χ0n) is 16.9. The molecule has 2 aliphatic heterocycles. The molecule has 0 spiro atoms. The Balaban J connectivity index is 0.00000160. The first-order valence-corrected chi connectivity index (χ1v) is 10.9. The lowest BCUT2D eigenvalue weighted by molar-refractivity contribution is 0.178. The van der Waals surface area contributed by atoms with Crippen LogP contribution in [0.2, 0.25) is 0 Å². The zero-order chi connectivity index (χ0) is 19.9. The number of piperazine rings is 1. The van der Waals surface area contributed by atoms with E-state index in [-0.39, 0.29) is 24.8 Å². The zero-order valence-corrected chi connectivity index (χ0v) is 19.3. The molecule has 2 aromatic rings. The van der Waals surface area contributed by atoms with Gasteiger partial charge in [-0.2, -0.15) is 8.42 Å². The quantitative estimate of drug-likeness (QED) is 0.732. The van der Waals surface area contributed by atoms with Crippen LogP contribution in [0.4, 0.5) is 21.5 Å². The van der Waals surface area contributed by atoms with Crippen molar-refractivity contribution in [3.8, 4) is 0 Å². The van der Waals surface area contributed by atoms with Gasteiger partial charge in [0, 0.05) is 38.3 Å². The first-order chi connectivity index (χ1) is 13.4. The Bertz CT molecular complexity index is 952. The van der Waals surface area contributed by atoms with Crippen molar-refractivity contribution in [2.24, 2.45) is 0 Å². The van der Waals surface area contributed by atoms with Crippen molar-refractivity contribution >= 4 is 52.1 Å². The van der Waals surface area contributed by atoms with Gasteiger partial charge in [0.25, 0.3) is 0 Å². The summed E-state index contributed by atoms with van der Waals surface area (Å²) in [5, 5.41) is 3.49. The predicted octanol–water partition coefficient (Wildman–Crippen LogP) is 3.55. The summed E-state index contributed by atoms with van der Waals surface area (Å²) in [5.41, 5.74) is 1.68. The topological polar surface area (TPSA) is 55.9 Å². The number of anilines is 3. The van der Waals surface area contributed by atoms with E-state index in [1.165, 1.54) is 32.9 Å². The first kappa shape index (κ1) is 24.7. The minimum atomic E-state index is -3.78. The van der Waals surface area contributed by atoms with E-state index in [1.807, 2.05) is 18.2 Å². The van der Waals surface area contributed by atoms with Gasteiger partial charge in [0.05, 0.1) is 17.1 Å². The van der Waals surface area contributed by atoms with Crippen LogP contribution < -0.4 is 13.9 Å². The Hall–Kier alpha value is -1.58. The van der Waals surface area contributed by atoms with Crippen molar-refractivity contribution in [1.29, 1.82) is 0 Å². The summed E-state index contributed by atoms with van der Waals surface area (Å²) >= 11 is 0. The predicted molar refractivity (Wildman–Crippen MR) is 124 cm³/mol. The molecule has 1 N–H and O–H groups in total. The monoisotopic (exact) mass is 476 g/mol. The number of halogens is 3. The van der Waals surface area contributed by atoms with E-state index in [0.717, 1.165) is 13.1 Å². The third-order valence-electron chi connectivity index (χ3n) is 5.19. The fraction of sp³-hybridized carbons (Fsp3) is 0.400. The number of benzene rings is 2. The van der Waals surface area contributed by atoms with E-state index in [2.05, 4.69) is 24.1 Å². The fourth-order valence-corrected chi connectivity index (χ4v) is 5.84. The van der Waals surface area contributed by atoms with Gasteiger partial charge in [-0.05, 0) is 50.2 Å². The summed E-state index contributed by atoms with van der Waals surface area (Å²) in [6.45, 7) is 7.09. The number of fused-ring (bicyclic) bond motifs is 1. The van der Waals surface area contributed by atoms with Crippen LogP contribution in [0.5, 0.6) is 0 Å². The Morgan fingerprint density at radius 3 is 2.10 bits per heavy atom. The minimum Gasteiger partial charge on any atom is -0.309 e. The molecule has 6 nitrogen and oxygen atoms in total. The highest BCUT2D eigenvalue weighted by molar-refractivity contribution is 7.95. The molecule has 2 aromatic carbocycles. The van der Waals surface area contributed by atoms with Crippen molar-refractivity contribution in [2.45, 2.75) is 25.9 Å². The second kappa shape index (κ2) is 9.70. The SMILES string of the molecule is C[C@@H]1CN(CCN2c3ccccc3N(c3ccc(F)cc3)S2(=O)=O)C[C@H](C)N1.Cl.Cl. The number of hydrogen-bond acceptors (Lipinski definition) is 4. The van der Waals surface area contributed by atoms with Crippen molar-refractivity contribution < 1.29 is 12.8 Å². The molecule has 4 rings (SSSR count). The Morgan fingerprint density at radius 1 is 0.933 bits per heavy atom. The van der Waals surface area contributed by atoms with Crippen molar-refractivity contribution in [1.82, 2.24) is 10.2 Å². The molecule has 0 radical (unpaired) electrons. The largest absolute Gasteiger partial charge is 0.331 e. The molecule has 0 bridgehead atoms. The van der Waals surface area contributed by atoms with Gasteiger partial charge in [0.15, 0.2) is 0 Å². The van der Waals surface area contributed by atoms with E-state index >= 15 is 0 Å². The van der Waals surface area contributed by atoms with Gasteiger partial charge >= 0.3 is 10.2 Å². The molecule has 2 heterocycles. The van der Waals surface area contributed by atoms with Crippen molar-refractivity contribution in [2.75, 3.05) is 34.8 Å². The molecule has 0 aliphatic carbocycles. The number of rotatable bonds is 4. The van der Waals surface area contributed by atoms with E-state index in [0.29, 0.717) is 42.2 Å². The molecule has 2 aliphatic rings. The van der Waals surface area contributed by atoms with Crippen LogP contribution in [0.1, 0.15) is 13.8 Å². The van der Waals surface area contributed by atoms with E-state index in [1.54, 1.807) is 6.07 Å². The van der Waals surface area contributed by atoms with Crippen LogP contribution in [0.25, 0.3) is 0 Å². The van der Waals surface area contributed by atoms with E-state index in [4.69, 9.17) is 0 Å². The third kappa shape index (κ3) is 4.68. The average Bonchev–Trinajstić information content (AvgIpc) is 2.86. The maximum atomic E-state index is 13.4. The van der Waals surface area contributed by atoms with Gasteiger partial charge in [-0.1, -0.05) is 12.1 Å². The highest BCUT2D eigenvalue weighted by Gasteiger charge is 2.41. The Kier molecular flexibility index (Phi) is 7.98. The minimum absolute atomic E-state index is 0. The highest BCUT2D eigenvalue weighted by Crippen LogP contribution is 2.44. The molecule has 0 amide bonds. The maximum absolute atomic E-state index is 13.4. The molecule has 0 aromatic heterocycles. The molecular formula is C20H27Cl2FN4O2S. The summed E-state index contributed by atoms with van der Waals surface area (Å²) < 4.78 is 42.8. The second-order valence-electron chi connectivity index (χ2n) is 7.54. The van der Waals surface area contributed by atoms with Gasteiger partial charge in [-0.15, -0.1) is 24.8 Å². The molecular weight excluding hydrogens is 450 g/mol. The number of nitrogens with zero attached hydrogens (tertiary/aromatic N) is 3. The summed E-state index contributed by atoms with van der Waals surface area (Å²) in [5.74, 6) is -0.396. The van der Waals surface area contributed by atoms with E-state index < -0.39 is 16.0 Å². The molecule has 0 unspecified atom stereocenters. The van der Waals surface area contributed by atoms with Crippen LogP contribution >= 0.6 is 24.8 Å². The molecule has 2 atom stereocenters. The summed E-state index contributed by atoms with van der Waals surface area (Å²) in [7, 11) is -3.78. The molecule has 10 heteroatoms. The van der Waals surface area contributed by atoms with Crippen LogP contribution in [-0.4, -0.2) is 51.6 Å². The van der Waals surface area contributed by atoms with Crippen LogP contribution in [0, 0.1) is 5.82 Å². The highest BCUT2D eigenvalue weighted by atomic mass is 35.5. The normalized spacial score (nSPS) is 22.8. The average molecular weight is 477 g/mol. The maximum Gasteiger partial charge on any atom is 0.331 e. The summed E-state index contributed by atoms with van der Waals surface area (Å²) in [6, 6.07) is 13.5. The lowest BCUT2D eigenvalue weighted by Gasteiger charge is -2.36. The fourth-order valence-electron chi connectivity index (χ4n) is 4.13. The summed E-state index contributed by atoms with van der Waals surface area (Å²) in [6.07, 6.45) is 0. The Labute approximate surface area is 190 Å². The van der Waals surface area contributed by atoms with Gasteiger partial charge < -0.3 is 5.32 Å². The third-order valence-corrected chi connectivity index (χ3v) is 7.00. The molecule has 0 saturated carbocycles. The van der Waals surface area contributed by atoms with Gasteiger partial charge in [0.1, 0.15) is 5.82 Å². The van der Waals surface area contributed by atoms with Crippen LogP contribution in [0.3, 0.4) is 0 Å². The molecule has 30 heavy (non-hydrogen) atoms. The van der Waals surface area contributed by atoms with Crippen molar-refractivity contribution in [3.63, 3.8) is 0 Å². The standard InChI is InChI=1S/C20H25FN4O2S.2ClH/c1-15-13-23(14-16(2)22-15)11-12-24-19-5-3-4-6-20(19)25(28(24,26)27)18-9-7-17(21)8-10-18;;/h3-10,15-16,22H,11-14H2,1-2H3;2*1H/t15-,16+;;. The molecule has 1 fully saturated rings. The Morgan fingerprint density at radius 2 is 1.50 bits per heavy atom. The van der Waals surface area contributed by atoms with Crippen LogP contribution in [-0.2, 0) is 10.2 Å². The lowest BCUT2D eigenvalue weighted by atomic mass is 10.1. The van der Waals surface area contributed by atoms with Gasteiger partial charge in [0.2, 0.25) is 0 Å². The van der Waals surface area contributed by atoms with E-state index in [9.17, 15) is 12.8 Å². The first-order valence-electron chi connectivity index (χ1n) is 9.52. The summed E-state index contributed by atoms with van der Waals surface area (Å²) in [4.78, 5) is 2.30. The smallest absolute Gasteiger partial charge is 0.309 e. The lowest BCUT2D eigenvalue weighted by Crippen LogP contribution is -2.55. The number of para-hydroxylation sites is 2. The van der Waals surface area contributed by atoms with Crippen LogP contribution in [0.15, 0.2) is 48.5 Å². The van der Waals surface area contributed by atoms with Crippen molar-refractivity contribution in [3.05, 3.63) is 54.3 Å². The number of nitrogens with one attached hydrogen (secondary N) is 1. The number of hydrogen-bond donors (Lipinski definition) is 1. The molecule has 1 saturated heterocycles. The molecule has 166 valence electrons.